The average molecular weight is 709 g/mol. The summed E-state index contributed by atoms with van der Waals surface area (Å²) in [6, 6.07) is 14.8. The van der Waals surface area contributed by atoms with Crippen molar-refractivity contribution in [3.05, 3.63) is 88.2 Å². The molecular weight excluding hydrogens is 665 g/mol. The van der Waals surface area contributed by atoms with E-state index in [-0.39, 0.29) is 42.6 Å². The van der Waals surface area contributed by atoms with Gasteiger partial charge < -0.3 is 34.0 Å². The minimum absolute atomic E-state index is 0.00301. The number of aromatic amines is 2. The molecule has 2 aromatic heterocycles. The zero-order chi connectivity index (χ0) is 36.7. The number of carbonyl (C=O) groups excluding carboxylic acids is 2. The molecule has 272 valence electrons. The molecule has 0 spiro atoms. The Labute approximate surface area is 294 Å². The fourth-order valence-corrected chi connectivity index (χ4v) is 6.32. The summed E-state index contributed by atoms with van der Waals surface area (Å²) in [5.41, 5.74) is 5.53. The molecule has 0 saturated heterocycles. The van der Waals surface area contributed by atoms with Crippen molar-refractivity contribution in [2.75, 3.05) is 14.2 Å². The molecule has 2 heterocycles. The monoisotopic (exact) mass is 708 g/mol. The van der Waals surface area contributed by atoms with Crippen LogP contribution in [0.1, 0.15) is 72.2 Å². The van der Waals surface area contributed by atoms with E-state index >= 15 is 0 Å². The normalized spacial score (nSPS) is 13.2. The van der Waals surface area contributed by atoms with Gasteiger partial charge in [-0.25, -0.2) is 0 Å². The maximum atomic E-state index is 13.7. The van der Waals surface area contributed by atoms with Crippen LogP contribution in [0.25, 0.3) is 21.8 Å². The molecule has 3 N–H and O–H groups in total. The van der Waals surface area contributed by atoms with E-state index in [1.165, 1.54) is 20.3 Å². The van der Waals surface area contributed by atoms with E-state index in [4.69, 9.17) is 14.2 Å². The predicted octanol–water partition coefficient (Wildman–Crippen LogP) is 8.79. The summed E-state index contributed by atoms with van der Waals surface area (Å²) in [6.07, 6.45) is 0.647. The van der Waals surface area contributed by atoms with Crippen molar-refractivity contribution < 1.29 is 46.8 Å². The molecule has 6 rings (SSSR count). The van der Waals surface area contributed by atoms with Crippen molar-refractivity contribution in [1.29, 1.82) is 0 Å². The maximum Gasteiger partial charge on any atom is 0.419 e. The number of phenolic OH excluding ortho intramolecular Hbond substituents is 1. The number of alkyl halides is 3. The minimum atomic E-state index is -4.51. The molecule has 9 nitrogen and oxygen atoms in total. The van der Waals surface area contributed by atoms with Crippen LogP contribution in [0.3, 0.4) is 0 Å². The number of ether oxygens (including phenoxy) is 4. The van der Waals surface area contributed by atoms with Crippen LogP contribution in [0.5, 0.6) is 17.2 Å². The van der Waals surface area contributed by atoms with E-state index in [1.54, 1.807) is 24.3 Å². The zero-order valence-corrected chi connectivity index (χ0v) is 29.2. The number of aromatic hydroxyl groups is 1. The van der Waals surface area contributed by atoms with Crippen molar-refractivity contribution in [2.45, 2.75) is 84.1 Å². The molecule has 12 heteroatoms. The van der Waals surface area contributed by atoms with Crippen LogP contribution in [0.4, 0.5) is 13.2 Å². The van der Waals surface area contributed by atoms with Gasteiger partial charge >= 0.3 is 18.1 Å². The predicted molar refractivity (Wildman–Crippen MR) is 187 cm³/mol. The highest BCUT2D eigenvalue weighted by molar-refractivity contribution is 5.87. The van der Waals surface area contributed by atoms with E-state index in [2.05, 4.69) is 14.7 Å². The lowest BCUT2D eigenvalue weighted by Gasteiger charge is -2.19. The van der Waals surface area contributed by atoms with E-state index in [1.807, 2.05) is 32.0 Å². The number of nitrogens with one attached hydrogen (secondary N) is 2. The molecule has 51 heavy (non-hydrogen) atoms. The van der Waals surface area contributed by atoms with Crippen molar-refractivity contribution in [2.24, 2.45) is 0 Å². The first-order valence-corrected chi connectivity index (χ1v) is 16.9. The summed E-state index contributed by atoms with van der Waals surface area (Å²) < 4.78 is 61.8. The Balaban J connectivity index is 0.000000248. The van der Waals surface area contributed by atoms with Gasteiger partial charge in [0.15, 0.2) is 0 Å². The fraction of sp³-hybridized carbons (Fsp3) is 0.385. The number of hydrogen-bond acceptors (Lipinski definition) is 7. The zero-order valence-electron chi connectivity index (χ0n) is 29.2. The summed E-state index contributed by atoms with van der Waals surface area (Å²) in [5.74, 6) is 0.186. The van der Waals surface area contributed by atoms with Gasteiger partial charge in [0.2, 0.25) is 0 Å². The Morgan fingerprint density at radius 2 is 1.37 bits per heavy atom. The van der Waals surface area contributed by atoms with Gasteiger partial charge in [-0.15, -0.1) is 0 Å². The second-order valence-corrected chi connectivity index (χ2v) is 12.7. The fourth-order valence-electron chi connectivity index (χ4n) is 6.32. The summed E-state index contributed by atoms with van der Waals surface area (Å²) in [5, 5.41) is 11.4. The number of benzene rings is 3. The number of fused-ring (bicyclic) bond motifs is 2. The first-order chi connectivity index (χ1) is 24.4. The van der Waals surface area contributed by atoms with Crippen LogP contribution in [0.15, 0.2) is 54.6 Å². The quantitative estimate of drug-likeness (QED) is 0.117. The van der Waals surface area contributed by atoms with Gasteiger partial charge in [0.25, 0.3) is 0 Å². The number of phenols is 1. The standard InChI is InChI=1S/C26H28F3NO4.C13H15NO3/c1-16-20-14-19(8-9-23(20)30-22(16)10-12-25(31)32-2)33-15-17-7-11-24(21(13-17)26(27,28)29)34-18-5-3-4-6-18;1-8-10-7-9(15)3-4-12(10)14-11(8)5-6-13(16)17-2/h7-9,11,13-14,18,30H,3-6,10,12,15H2,1-2H3;3-4,7,14-15H,5-6H2,1-2H3. The summed E-state index contributed by atoms with van der Waals surface area (Å²) in [4.78, 5) is 29.1. The number of carbonyl (C=O) groups is 2. The molecule has 0 bridgehead atoms. The van der Waals surface area contributed by atoms with E-state index in [9.17, 15) is 27.9 Å². The van der Waals surface area contributed by atoms with Gasteiger partial charge in [0.1, 0.15) is 23.9 Å². The average Bonchev–Trinajstić information content (AvgIpc) is 3.83. The minimum Gasteiger partial charge on any atom is -0.508 e. The Morgan fingerprint density at radius 3 is 1.94 bits per heavy atom. The van der Waals surface area contributed by atoms with Crippen molar-refractivity contribution >= 4 is 33.7 Å². The molecule has 0 amide bonds. The third-order valence-corrected chi connectivity index (χ3v) is 9.24. The van der Waals surface area contributed by atoms with E-state index in [0.29, 0.717) is 30.6 Å². The largest absolute Gasteiger partial charge is 0.508 e. The third-order valence-electron chi connectivity index (χ3n) is 9.24. The van der Waals surface area contributed by atoms with Gasteiger partial charge in [-0.2, -0.15) is 13.2 Å². The molecule has 1 fully saturated rings. The van der Waals surface area contributed by atoms with Crippen LogP contribution in [-0.4, -0.2) is 47.3 Å². The number of halogens is 3. The van der Waals surface area contributed by atoms with Crippen LogP contribution in [0, 0.1) is 13.8 Å². The van der Waals surface area contributed by atoms with Crippen molar-refractivity contribution in [3.8, 4) is 17.2 Å². The second kappa shape index (κ2) is 16.3. The molecule has 0 aliphatic heterocycles. The first-order valence-electron chi connectivity index (χ1n) is 16.9. The SMILES string of the molecule is COC(=O)CCc1[nH]c2ccc(O)cc2c1C.COC(=O)CCc1[nH]c2ccc(OCc3ccc(OC4CCCC4)c(C(F)(F)F)c3)cc2c1C. The molecule has 1 saturated carbocycles. The lowest BCUT2D eigenvalue weighted by Crippen LogP contribution is -2.16. The molecule has 0 atom stereocenters. The van der Waals surface area contributed by atoms with Crippen molar-refractivity contribution in [1.82, 2.24) is 9.97 Å². The molecule has 3 aromatic carbocycles. The molecule has 5 aromatic rings. The van der Waals surface area contributed by atoms with E-state index in [0.717, 1.165) is 76.1 Å². The van der Waals surface area contributed by atoms with Crippen LogP contribution in [0.2, 0.25) is 0 Å². The summed E-state index contributed by atoms with van der Waals surface area (Å²) in [7, 11) is 2.75. The smallest absolute Gasteiger partial charge is 0.419 e. The Bertz CT molecular complexity index is 1990. The van der Waals surface area contributed by atoms with Gasteiger partial charge in [0, 0.05) is 33.2 Å². The summed E-state index contributed by atoms with van der Waals surface area (Å²) in [6.45, 7) is 3.93. The van der Waals surface area contributed by atoms with Gasteiger partial charge in [0.05, 0.1) is 38.7 Å². The van der Waals surface area contributed by atoms with Gasteiger partial charge in [-0.05, 0) is 118 Å². The van der Waals surface area contributed by atoms with Crippen LogP contribution in [-0.2, 0) is 44.7 Å². The molecule has 1 aliphatic carbocycles. The number of methoxy groups -OCH3 is 2. The topological polar surface area (TPSA) is 123 Å². The maximum absolute atomic E-state index is 13.7. The molecular formula is C39H43F3N2O7. The number of aryl methyl sites for hydroxylation is 4. The molecule has 0 unspecified atom stereocenters. The van der Waals surface area contributed by atoms with E-state index < -0.39 is 11.7 Å². The number of H-pyrrole nitrogens is 2. The molecule has 1 aliphatic rings. The van der Waals surface area contributed by atoms with Gasteiger partial charge in [-0.3, -0.25) is 9.59 Å². The lowest BCUT2D eigenvalue weighted by molar-refractivity contribution is -0.141. The van der Waals surface area contributed by atoms with Crippen LogP contribution >= 0.6 is 0 Å². The Kier molecular flexibility index (Phi) is 11.8. The number of esters is 2. The number of rotatable bonds is 11. The molecule has 0 radical (unpaired) electrons. The Hall–Kier alpha value is -5.13. The highest BCUT2D eigenvalue weighted by Crippen LogP contribution is 2.39. The Morgan fingerprint density at radius 1 is 0.804 bits per heavy atom. The number of aromatic nitrogens is 2. The summed E-state index contributed by atoms with van der Waals surface area (Å²) >= 11 is 0. The highest BCUT2D eigenvalue weighted by atomic mass is 19.4. The van der Waals surface area contributed by atoms with Gasteiger partial charge in [-0.1, -0.05) is 6.07 Å². The first kappa shape index (κ1) is 37.1. The lowest BCUT2D eigenvalue weighted by atomic mass is 10.1. The third kappa shape index (κ3) is 9.36. The van der Waals surface area contributed by atoms with Crippen LogP contribution < -0.4 is 9.47 Å². The van der Waals surface area contributed by atoms with Crippen molar-refractivity contribution in [3.63, 3.8) is 0 Å². The second-order valence-electron chi connectivity index (χ2n) is 12.7. The number of hydrogen-bond donors (Lipinski definition) is 3. The highest BCUT2D eigenvalue weighted by Gasteiger charge is 2.35.